The minimum absolute atomic E-state index is 0.0921. The van der Waals surface area contributed by atoms with Crippen LogP contribution in [0.4, 0.5) is 5.13 Å². The zero-order valence-corrected chi connectivity index (χ0v) is 17.5. The topological polar surface area (TPSA) is 105 Å². The van der Waals surface area contributed by atoms with Gasteiger partial charge in [-0.3, -0.25) is 14.4 Å². The number of nitrogens with zero attached hydrogens (tertiary/aromatic N) is 2. The maximum atomic E-state index is 12.3. The van der Waals surface area contributed by atoms with Gasteiger partial charge >= 0.3 is 0 Å². The number of aromatic amines is 1. The molecule has 2 N–H and O–H groups in total. The molecule has 148 valence electrons. The van der Waals surface area contributed by atoms with Crippen LogP contribution < -0.4 is 10.9 Å². The van der Waals surface area contributed by atoms with Crippen LogP contribution in [0.2, 0.25) is 0 Å². The lowest BCUT2D eigenvalue weighted by Crippen LogP contribution is -2.26. The first-order valence-electron chi connectivity index (χ1n) is 9.38. The van der Waals surface area contributed by atoms with E-state index >= 15 is 0 Å². The number of Topliss-reactive ketones (excluding diaryl/α,β-unsaturated/α-hetero) is 1. The average molecular weight is 419 g/mol. The lowest BCUT2D eigenvalue weighted by molar-refractivity contribution is -0.113. The molecule has 0 spiro atoms. The van der Waals surface area contributed by atoms with Gasteiger partial charge in [0.1, 0.15) is 0 Å². The van der Waals surface area contributed by atoms with E-state index in [1.165, 1.54) is 23.1 Å². The largest absolute Gasteiger partial charge is 0.301 e. The highest BCUT2D eigenvalue weighted by Gasteiger charge is 2.34. The van der Waals surface area contributed by atoms with E-state index in [0.29, 0.717) is 21.6 Å². The van der Waals surface area contributed by atoms with E-state index < -0.39 is 0 Å². The number of rotatable bonds is 4. The molecule has 0 aromatic carbocycles. The minimum atomic E-state index is -0.233. The third-order valence-electron chi connectivity index (χ3n) is 4.99. The van der Waals surface area contributed by atoms with Gasteiger partial charge in [-0.15, -0.1) is 0 Å². The van der Waals surface area contributed by atoms with Crippen molar-refractivity contribution in [3.8, 4) is 0 Å². The van der Waals surface area contributed by atoms with Crippen molar-refractivity contribution in [1.82, 2.24) is 15.0 Å². The van der Waals surface area contributed by atoms with Crippen LogP contribution in [-0.2, 0) is 24.1 Å². The SMILES string of the molecule is CC1(C)CC(=O)c2sc(NC(=O)CSc3nc4c(c(=O)[nH]3)CCCC4)nc2C1. The van der Waals surface area contributed by atoms with Gasteiger partial charge in [-0.05, 0) is 37.5 Å². The number of thioether (sulfide) groups is 1. The number of fused-ring (bicyclic) bond motifs is 2. The molecule has 0 atom stereocenters. The zero-order valence-electron chi connectivity index (χ0n) is 15.9. The molecule has 2 aromatic heterocycles. The molecule has 0 radical (unpaired) electrons. The van der Waals surface area contributed by atoms with Crippen LogP contribution in [-0.4, -0.2) is 32.4 Å². The Morgan fingerprint density at radius 3 is 2.79 bits per heavy atom. The molecule has 0 fully saturated rings. The molecule has 1 amide bonds. The molecule has 2 aliphatic rings. The highest BCUT2D eigenvalue weighted by molar-refractivity contribution is 7.99. The minimum Gasteiger partial charge on any atom is -0.301 e. The number of nitrogens with one attached hydrogen (secondary N) is 2. The quantitative estimate of drug-likeness (QED) is 0.584. The van der Waals surface area contributed by atoms with Crippen LogP contribution in [0.15, 0.2) is 9.95 Å². The molecule has 7 nitrogen and oxygen atoms in total. The van der Waals surface area contributed by atoms with Gasteiger partial charge in [-0.25, -0.2) is 9.97 Å². The summed E-state index contributed by atoms with van der Waals surface area (Å²) < 4.78 is 0. The first kappa shape index (κ1) is 19.3. The first-order valence-corrected chi connectivity index (χ1v) is 11.2. The van der Waals surface area contributed by atoms with E-state index in [-0.39, 0.29) is 28.4 Å². The van der Waals surface area contributed by atoms with Crippen molar-refractivity contribution in [1.29, 1.82) is 0 Å². The van der Waals surface area contributed by atoms with Crippen LogP contribution in [0.3, 0.4) is 0 Å². The molecule has 0 unspecified atom stereocenters. The number of thiazole rings is 1. The van der Waals surface area contributed by atoms with Crippen molar-refractivity contribution in [2.24, 2.45) is 5.41 Å². The predicted molar refractivity (Wildman–Crippen MR) is 109 cm³/mol. The van der Waals surface area contributed by atoms with Crippen LogP contribution in [0.25, 0.3) is 0 Å². The molecule has 2 aromatic rings. The lowest BCUT2D eigenvalue weighted by Gasteiger charge is -2.26. The number of carbonyl (C=O) groups is 2. The highest BCUT2D eigenvalue weighted by atomic mass is 32.2. The molecule has 2 heterocycles. The van der Waals surface area contributed by atoms with Crippen molar-refractivity contribution in [3.05, 3.63) is 32.2 Å². The molecule has 0 saturated heterocycles. The number of H-pyrrole nitrogens is 1. The molecule has 0 bridgehead atoms. The molecule has 2 aliphatic carbocycles. The fourth-order valence-corrected chi connectivity index (χ4v) is 5.33. The van der Waals surface area contributed by atoms with Crippen LogP contribution in [0, 0.1) is 5.41 Å². The standard InChI is InChI=1S/C19H22N4O3S2/c1-19(2)7-12-15(13(24)8-19)28-18(21-12)22-14(25)9-27-17-20-11-6-4-3-5-10(11)16(26)23-17/h3-9H2,1-2H3,(H,20,23,26)(H,21,22,25). The second kappa shape index (κ2) is 7.44. The van der Waals surface area contributed by atoms with Crippen molar-refractivity contribution in [2.45, 2.75) is 57.5 Å². The van der Waals surface area contributed by atoms with Gasteiger partial charge in [0.15, 0.2) is 16.1 Å². The fraction of sp³-hybridized carbons (Fsp3) is 0.526. The number of carbonyl (C=O) groups excluding carboxylic acids is 2. The first-order chi connectivity index (χ1) is 13.3. The van der Waals surface area contributed by atoms with E-state index in [4.69, 9.17) is 0 Å². The number of anilines is 1. The molecule has 9 heteroatoms. The maximum absolute atomic E-state index is 12.3. The third-order valence-corrected chi connectivity index (χ3v) is 6.92. The summed E-state index contributed by atoms with van der Waals surface area (Å²) in [4.78, 5) is 49.1. The highest BCUT2D eigenvalue weighted by Crippen LogP contribution is 2.38. The normalized spacial score (nSPS) is 17.7. The summed E-state index contributed by atoms with van der Waals surface area (Å²) >= 11 is 2.44. The van der Waals surface area contributed by atoms with Crippen molar-refractivity contribution < 1.29 is 9.59 Å². The van der Waals surface area contributed by atoms with Gasteiger partial charge < -0.3 is 10.3 Å². The Balaban J connectivity index is 1.40. The summed E-state index contributed by atoms with van der Waals surface area (Å²) in [7, 11) is 0. The zero-order chi connectivity index (χ0) is 19.9. The van der Waals surface area contributed by atoms with Crippen LogP contribution >= 0.6 is 23.1 Å². The predicted octanol–water partition coefficient (Wildman–Crippen LogP) is 2.99. The van der Waals surface area contributed by atoms with E-state index in [2.05, 4.69) is 34.1 Å². The molecule has 28 heavy (non-hydrogen) atoms. The Bertz CT molecular complexity index is 1010. The summed E-state index contributed by atoms with van der Waals surface area (Å²) in [6, 6.07) is 0. The summed E-state index contributed by atoms with van der Waals surface area (Å²) in [5.41, 5.74) is 2.21. The van der Waals surface area contributed by atoms with Crippen LogP contribution in [0.1, 0.15) is 59.7 Å². The number of ketones is 1. The van der Waals surface area contributed by atoms with Crippen molar-refractivity contribution in [3.63, 3.8) is 0 Å². The molecular formula is C19H22N4O3S2. The second-order valence-electron chi connectivity index (χ2n) is 8.08. The van der Waals surface area contributed by atoms with Gasteiger partial charge in [-0.2, -0.15) is 0 Å². The Morgan fingerprint density at radius 2 is 1.96 bits per heavy atom. The number of aryl methyl sites for hydroxylation is 1. The lowest BCUT2D eigenvalue weighted by atomic mass is 9.78. The van der Waals surface area contributed by atoms with Gasteiger partial charge in [-0.1, -0.05) is 36.9 Å². The van der Waals surface area contributed by atoms with E-state index in [1.807, 2.05) is 0 Å². The number of amides is 1. The average Bonchev–Trinajstić information content (AvgIpc) is 3.01. The van der Waals surface area contributed by atoms with Gasteiger partial charge in [0, 0.05) is 12.0 Å². The molecular weight excluding hydrogens is 396 g/mol. The molecule has 0 aliphatic heterocycles. The smallest absolute Gasteiger partial charge is 0.254 e. The van der Waals surface area contributed by atoms with Gasteiger partial charge in [0.2, 0.25) is 5.91 Å². The fourth-order valence-electron chi connectivity index (χ4n) is 3.71. The summed E-state index contributed by atoms with van der Waals surface area (Å²) in [5.74, 6) is -0.0246. The van der Waals surface area contributed by atoms with E-state index in [0.717, 1.165) is 49.1 Å². The molecule has 4 rings (SSSR count). The second-order valence-corrected chi connectivity index (χ2v) is 10.0. The van der Waals surface area contributed by atoms with Gasteiger partial charge in [0.25, 0.3) is 5.56 Å². The molecule has 0 saturated carbocycles. The van der Waals surface area contributed by atoms with E-state index in [9.17, 15) is 14.4 Å². The van der Waals surface area contributed by atoms with Gasteiger partial charge in [0.05, 0.1) is 22.0 Å². The van der Waals surface area contributed by atoms with E-state index in [1.54, 1.807) is 0 Å². The Morgan fingerprint density at radius 1 is 1.18 bits per heavy atom. The maximum Gasteiger partial charge on any atom is 0.254 e. The van der Waals surface area contributed by atoms with Crippen LogP contribution in [0.5, 0.6) is 0 Å². The summed E-state index contributed by atoms with van der Waals surface area (Å²) in [5, 5.41) is 3.69. The Kier molecular flexibility index (Phi) is 5.13. The third kappa shape index (κ3) is 4.05. The Hall–Kier alpha value is -2.00. The van der Waals surface area contributed by atoms with Crippen molar-refractivity contribution in [2.75, 3.05) is 11.1 Å². The summed E-state index contributed by atoms with van der Waals surface area (Å²) in [6.45, 7) is 4.10. The number of aromatic nitrogens is 3. The Labute approximate surface area is 170 Å². The summed E-state index contributed by atoms with van der Waals surface area (Å²) in [6.07, 6.45) is 4.88. The number of hydrogen-bond acceptors (Lipinski definition) is 7. The monoisotopic (exact) mass is 418 g/mol. The number of hydrogen-bond donors (Lipinski definition) is 2. The van der Waals surface area contributed by atoms with Crippen molar-refractivity contribution >= 4 is 39.9 Å².